The fourth-order valence-electron chi connectivity index (χ4n) is 1.53. The van der Waals surface area contributed by atoms with Crippen LogP contribution in [-0.4, -0.2) is 17.3 Å². The molecule has 2 aromatic rings. The Kier molecular flexibility index (Phi) is 2.54. The molecular formula is C11H10O5. The lowest BCUT2D eigenvalue weighted by atomic mass is 10.5. The molecule has 0 atom stereocenters. The topological polar surface area (TPSA) is 79.9 Å². The van der Waals surface area contributed by atoms with Gasteiger partial charge in [0.25, 0.3) is 0 Å². The zero-order valence-electron chi connectivity index (χ0n) is 8.56. The minimum Gasteiger partial charge on any atom is -0.507 e. The molecule has 0 radical (unpaired) electrons. The number of ether oxygens (including phenoxy) is 1. The van der Waals surface area contributed by atoms with Crippen LogP contribution in [0.2, 0.25) is 0 Å². The van der Waals surface area contributed by atoms with E-state index in [9.17, 15) is 9.90 Å². The maximum atomic E-state index is 11.5. The van der Waals surface area contributed by atoms with E-state index in [4.69, 9.17) is 14.3 Å². The zero-order valence-corrected chi connectivity index (χ0v) is 8.56. The lowest BCUT2D eigenvalue weighted by Crippen LogP contribution is -2.02. The molecule has 0 aliphatic heterocycles. The van der Waals surface area contributed by atoms with E-state index in [0.29, 0.717) is 11.1 Å². The molecule has 0 saturated carbocycles. The molecule has 16 heavy (non-hydrogen) atoms. The van der Waals surface area contributed by atoms with Gasteiger partial charge in [0, 0.05) is 6.07 Å². The van der Waals surface area contributed by atoms with E-state index < -0.39 is 5.63 Å². The third kappa shape index (κ3) is 1.61. The van der Waals surface area contributed by atoms with E-state index >= 15 is 0 Å². The standard InChI is InChI=1S/C11H10O5/c1-15-7-2-6-3-8(5-12)16-11(14)10(6)9(13)4-7/h2-4,12-13H,5H2,1H3/i2+1,3+1,4+1,5+1,10+1. The lowest BCUT2D eigenvalue weighted by Gasteiger charge is -2.05. The van der Waals surface area contributed by atoms with Crippen LogP contribution in [0.4, 0.5) is 0 Å². The second-order valence-electron chi connectivity index (χ2n) is 3.27. The summed E-state index contributed by atoms with van der Waals surface area (Å²) in [5, 5.41) is 19.1. The highest BCUT2D eigenvalue weighted by Gasteiger charge is 2.10. The van der Waals surface area contributed by atoms with Crippen LogP contribution in [0, 0.1) is 0 Å². The third-order valence-electron chi connectivity index (χ3n) is 2.26. The number of hydrogen-bond acceptors (Lipinski definition) is 5. The molecule has 1 aromatic carbocycles. The van der Waals surface area contributed by atoms with E-state index in [1.54, 1.807) is 6.07 Å². The Labute approximate surface area is 90.5 Å². The smallest absolute Gasteiger partial charge is 0.347 e. The first kappa shape index (κ1) is 10.5. The average Bonchev–Trinajstić information content (AvgIpc) is 2.27. The van der Waals surface area contributed by atoms with Crippen molar-refractivity contribution in [1.29, 1.82) is 0 Å². The Hall–Kier alpha value is -2.01. The van der Waals surface area contributed by atoms with Gasteiger partial charge in [-0.05, 0) is 17.5 Å². The van der Waals surface area contributed by atoms with Gasteiger partial charge in [-0.1, -0.05) is 0 Å². The van der Waals surface area contributed by atoms with Crippen molar-refractivity contribution in [3.63, 3.8) is 0 Å². The van der Waals surface area contributed by atoms with Crippen molar-refractivity contribution in [2.45, 2.75) is 6.61 Å². The van der Waals surface area contributed by atoms with E-state index in [1.807, 2.05) is 0 Å². The van der Waals surface area contributed by atoms with Crippen molar-refractivity contribution in [2.24, 2.45) is 0 Å². The second kappa shape index (κ2) is 3.86. The molecule has 0 bridgehead atoms. The summed E-state index contributed by atoms with van der Waals surface area (Å²) >= 11 is 0. The van der Waals surface area contributed by atoms with E-state index in [-0.39, 0.29) is 23.5 Å². The van der Waals surface area contributed by atoms with E-state index in [1.165, 1.54) is 19.2 Å². The molecule has 84 valence electrons. The van der Waals surface area contributed by atoms with Gasteiger partial charge in [0.15, 0.2) is 0 Å². The van der Waals surface area contributed by atoms with Crippen molar-refractivity contribution in [1.82, 2.24) is 0 Å². The summed E-state index contributed by atoms with van der Waals surface area (Å²) in [7, 11) is 1.46. The number of methoxy groups -OCH3 is 1. The second-order valence-corrected chi connectivity index (χ2v) is 3.27. The van der Waals surface area contributed by atoms with Crippen LogP contribution in [0.5, 0.6) is 11.5 Å². The Morgan fingerprint density at radius 2 is 2.12 bits per heavy atom. The van der Waals surface area contributed by atoms with Gasteiger partial charge in [-0.25, -0.2) is 4.79 Å². The monoisotopic (exact) mass is 227 g/mol. The number of phenols is 1. The number of hydrogen-bond donors (Lipinski definition) is 2. The highest BCUT2D eigenvalue weighted by molar-refractivity contribution is 5.88. The largest absolute Gasteiger partial charge is 0.507 e. The molecule has 5 heteroatoms. The Bertz CT molecular complexity index is 579. The summed E-state index contributed by atoms with van der Waals surface area (Å²) in [4.78, 5) is 11.5. The van der Waals surface area contributed by atoms with Gasteiger partial charge in [-0.2, -0.15) is 0 Å². The van der Waals surface area contributed by atoms with Crippen molar-refractivity contribution in [3.8, 4) is 11.5 Å². The highest BCUT2D eigenvalue weighted by atomic mass is 16.5. The molecule has 0 aliphatic carbocycles. The van der Waals surface area contributed by atoms with Crippen molar-refractivity contribution < 1.29 is 19.4 Å². The van der Waals surface area contributed by atoms with Crippen molar-refractivity contribution in [3.05, 3.63) is 34.4 Å². The van der Waals surface area contributed by atoms with Gasteiger partial charge in [0.05, 0.1) is 7.11 Å². The minimum atomic E-state index is -0.679. The highest BCUT2D eigenvalue weighted by Crippen LogP contribution is 2.28. The maximum Gasteiger partial charge on any atom is 0.347 e. The summed E-state index contributed by atoms with van der Waals surface area (Å²) in [5.41, 5.74) is -0.679. The first-order valence-corrected chi connectivity index (χ1v) is 4.60. The predicted molar refractivity (Wildman–Crippen MR) is 56.6 cm³/mol. The van der Waals surface area contributed by atoms with E-state index in [0.717, 1.165) is 0 Å². The van der Waals surface area contributed by atoms with Gasteiger partial charge in [0.1, 0.15) is 29.3 Å². The summed E-state index contributed by atoms with van der Waals surface area (Å²) in [5.74, 6) is 0.372. The van der Waals surface area contributed by atoms with E-state index in [2.05, 4.69) is 0 Å². The Balaban J connectivity index is 2.84. The number of fused-ring (bicyclic) bond motifs is 1. The lowest BCUT2D eigenvalue weighted by molar-refractivity contribution is 0.241. The number of phenolic OH excluding ortho intramolecular Hbond substituents is 1. The molecule has 2 rings (SSSR count). The molecule has 1 aromatic heterocycles. The average molecular weight is 227 g/mol. The van der Waals surface area contributed by atoms with Gasteiger partial charge < -0.3 is 19.4 Å². The minimum absolute atomic E-state index is 0.0815. The van der Waals surface area contributed by atoms with Crippen molar-refractivity contribution in [2.75, 3.05) is 7.11 Å². The molecular weight excluding hydrogens is 217 g/mol. The molecule has 0 fully saturated rings. The van der Waals surface area contributed by atoms with Gasteiger partial charge in [-0.3, -0.25) is 0 Å². The summed E-state index contributed by atoms with van der Waals surface area (Å²) in [6.45, 7) is -0.372. The van der Waals surface area contributed by atoms with Crippen LogP contribution < -0.4 is 10.4 Å². The van der Waals surface area contributed by atoms with Gasteiger partial charge in [-0.15, -0.1) is 0 Å². The quantitative estimate of drug-likeness (QED) is 0.748. The fourth-order valence-corrected chi connectivity index (χ4v) is 1.53. The van der Waals surface area contributed by atoms with Crippen LogP contribution in [-0.2, 0) is 6.61 Å². The maximum absolute atomic E-state index is 11.5. The SMILES string of the molecule is COc1[13cH]c(O)[13c]2c(=O)oc([13CH2]O)[13cH]c2[13cH]1. The van der Waals surface area contributed by atoms with Crippen LogP contribution in [0.15, 0.2) is 27.4 Å². The zero-order chi connectivity index (χ0) is 11.7. The predicted octanol–water partition coefficient (Wildman–Crippen LogP) is 0.999. The normalized spacial score (nSPS) is 10.6. The van der Waals surface area contributed by atoms with Crippen molar-refractivity contribution >= 4 is 10.8 Å². The van der Waals surface area contributed by atoms with Crippen LogP contribution >= 0.6 is 0 Å². The molecule has 2 N–H and O–H groups in total. The molecule has 1 heterocycles. The first-order chi connectivity index (χ1) is 7.65. The number of rotatable bonds is 2. The van der Waals surface area contributed by atoms with Crippen LogP contribution in [0.25, 0.3) is 10.8 Å². The fraction of sp³-hybridized carbons (Fsp3) is 0.182. The number of benzene rings is 1. The molecule has 0 unspecified atom stereocenters. The summed E-state index contributed by atoms with van der Waals surface area (Å²) in [6, 6.07) is 4.40. The molecule has 0 aliphatic rings. The number of aromatic hydroxyl groups is 1. The van der Waals surface area contributed by atoms with Crippen LogP contribution in [0.1, 0.15) is 5.76 Å². The molecule has 0 amide bonds. The molecule has 5 nitrogen and oxygen atoms in total. The molecule has 0 saturated heterocycles. The number of aliphatic hydroxyl groups excluding tert-OH is 1. The Morgan fingerprint density at radius 3 is 2.75 bits per heavy atom. The number of aliphatic hydroxyl groups is 1. The first-order valence-electron chi connectivity index (χ1n) is 4.60. The summed E-state index contributed by atoms with van der Waals surface area (Å²) < 4.78 is 9.75. The summed E-state index contributed by atoms with van der Waals surface area (Å²) in [6.07, 6.45) is 0. The molecule has 0 spiro atoms. The Morgan fingerprint density at radius 1 is 1.38 bits per heavy atom. The van der Waals surface area contributed by atoms with Crippen LogP contribution in [0.3, 0.4) is 0 Å². The van der Waals surface area contributed by atoms with Gasteiger partial charge >= 0.3 is 5.63 Å². The van der Waals surface area contributed by atoms with Gasteiger partial charge in [0.2, 0.25) is 0 Å². The third-order valence-corrected chi connectivity index (χ3v) is 2.26.